The quantitative estimate of drug-likeness (QED) is 0.394. The summed E-state index contributed by atoms with van der Waals surface area (Å²) in [6.45, 7) is 0. The van der Waals surface area contributed by atoms with Crippen LogP contribution in [0.5, 0.6) is 0 Å². The van der Waals surface area contributed by atoms with E-state index in [-0.39, 0.29) is 11.3 Å². The van der Waals surface area contributed by atoms with Gasteiger partial charge < -0.3 is 5.73 Å². The zero-order chi connectivity index (χ0) is 15.8. The molecule has 0 saturated heterocycles. The predicted octanol–water partition coefficient (Wildman–Crippen LogP) is 4.00. The van der Waals surface area contributed by atoms with Crippen molar-refractivity contribution in [2.75, 3.05) is 5.73 Å². The molecule has 0 aliphatic heterocycles. The van der Waals surface area contributed by atoms with E-state index in [2.05, 4.69) is 0 Å². The Balaban J connectivity index is 2.73. The van der Waals surface area contributed by atoms with Crippen LogP contribution < -0.4 is 5.73 Å². The Bertz CT molecular complexity index is 714. The molecular formula is C13H8F4N2O2. The van der Waals surface area contributed by atoms with Gasteiger partial charge in [0.15, 0.2) is 0 Å². The minimum atomic E-state index is -4.78. The normalized spacial score (nSPS) is 11.4. The van der Waals surface area contributed by atoms with Gasteiger partial charge in [0.1, 0.15) is 11.5 Å². The molecule has 0 aliphatic carbocycles. The molecule has 0 aromatic heterocycles. The van der Waals surface area contributed by atoms with Crippen molar-refractivity contribution in [1.29, 1.82) is 0 Å². The molecule has 2 aromatic rings. The number of rotatable bonds is 2. The first-order chi connectivity index (χ1) is 9.71. The minimum Gasteiger partial charge on any atom is -0.393 e. The van der Waals surface area contributed by atoms with Crippen LogP contribution in [0.4, 0.5) is 28.9 Å². The molecule has 110 valence electrons. The fourth-order valence-corrected chi connectivity index (χ4v) is 1.91. The summed E-state index contributed by atoms with van der Waals surface area (Å²) in [4.78, 5) is 9.94. The van der Waals surface area contributed by atoms with Gasteiger partial charge in [-0.05, 0) is 23.8 Å². The average molecular weight is 300 g/mol. The summed E-state index contributed by atoms with van der Waals surface area (Å²) in [6.07, 6.45) is -4.78. The lowest BCUT2D eigenvalue weighted by molar-refractivity contribution is -0.383. The second-order valence-electron chi connectivity index (χ2n) is 4.19. The van der Waals surface area contributed by atoms with Crippen LogP contribution in [-0.2, 0) is 6.18 Å². The third-order valence-electron chi connectivity index (χ3n) is 2.83. The first kappa shape index (κ1) is 14.8. The Hall–Kier alpha value is -2.64. The van der Waals surface area contributed by atoms with Crippen molar-refractivity contribution in [2.24, 2.45) is 0 Å². The molecule has 0 radical (unpaired) electrons. The second-order valence-corrected chi connectivity index (χ2v) is 4.19. The summed E-state index contributed by atoms with van der Waals surface area (Å²) in [6, 6.07) is 5.49. The van der Waals surface area contributed by atoms with E-state index in [0.29, 0.717) is 6.07 Å². The Morgan fingerprint density at radius 3 is 2.38 bits per heavy atom. The van der Waals surface area contributed by atoms with E-state index < -0.39 is 33.7 Å². The molecule has 0 saturated carbocycles. The standard InChI is InChI=1S/C13H8F4N2O2/c14-9-3-1-2-8(13(15,16)17)12(9)7-4-5-10(18)11(6-7)19(20)21/h1-6H,18H2. The number of nitrogens with zero attached hydrogens (tertiary/aromatic N) is 1. The summed E-state index contributed by atoms with van der Waals surface area (Å²) in [5, 5.41) is 10.8. The average Bonchev–Trinajstić information content (AvgIpc) is 2.38. The molecule has 0 atom stereocenters. The maximum atomic E-state index is 13.8. The topological polar surface area (TPSA) is 69.2 Å². The minimum absolute atomic E-state index is 0.214. The number of halogens is 4. The van der Waals surface area contributed by atoms with Gasteiger partial charge >= 0.3 is 6.18 Å². The number of nitro groups is 1. The number of hydrogen-bond donors (Lipinski definition) is 1. The smallest absolute Gasteiger partial charge is 0.393 e. The predicted molar refractivity (Wildman–Crippen MR) is 67.9 cm³/mol. The highest BCUT2D eigenvalue weighted by atomic mass is 19.4. The highest BCUT2D eigenvalue weighted by Crippen LogP contribution is 2.40. The molecule has 0 fully saturated rings. The maximum Gasteiger partial charge on any atom is 0.417 e. The van der Waals surface area contributed by atoms with Gasteiger partial charge in [-0.25, -0.2) is 4.39 Å². The van der Waals surface area contributed by atoms with Crippen molar-refractivity contribution < 1.29 is 22.5 Å². The van der Waals surface area contributed by atoms with E-state index >= 15 is 0 Å². The summed E-state index contributed by atoms with van der Waals surface area (Å²) in [5.74, 6) is -1.12. The van der Waals surface area contributed by atoms with Crippen LogP contribution in [0.15, 0.2) is 36.4 Å². The molecule has 0 spiro atoms. The summed E-state index contributed by atoms with van der Waals surface area (Å²) >= 11 is 0. The number of nitrogen functional groups attached to an aromatic ring is 1. The van der Waals surface area contributed by atoms with Crippen molar-refractivity contribution in [2.45, 2.75) is 6.18 Å². The van der Waals surface area contributed by atoms with Crippen LogP contribution in [0, 0.1) is 15.9 Å². The highest BCUT2D eigenvalue weighted by molar-refractivity contribution is 5.75. The Labute approximate surface area is 116 Å². The van der Waals surface area contributed by atoms with Crippen LogP contribution in [-0.4, -0.2) is 4.92 Å². The summed E-state index contributed by atoms with van der Waals surface area (Å²) < 4.78 is 52.6. The zero-order valence-corrected chi connectivity index (χ0v) is 10.3. The SMILES string of the molecule is Nc1ccc(-c2c(F)cccc2C(F)(F)F)cc1[N+](=O)[O-]. The molecule has 0 unspecified atom stereocenters. The number of anilines is 1. The molecule has 8 heteroatoms. The van der Waals surface area contributed by atoms with Crippen LogP contribution in [0.3, 0.4) is 0 Å². The van der Waals surface area contributed by atoms with Gasteiger partial charge in [0.2, 0.25) is 0 Å². The number of hydrogen-bond acceptors (Lipinski definition) is 3. The van der Waals surface area contributed by atoms with Gasteiger partial charge in [0.25, 0.3) is 5.69 Å². The zero-order valence-electron chi connectivity index (χ0n) is 10.3. The molecule has 2 N–H and O–H groups in total. The van der Waals surface area contributed by atoms with Gasteiger partial charge in [-0.15, -0.1) is 0 Å². The van der Waals surface area contributed by atoms with Gasteiger partial charge in [0, 0.05) is 11.6 Å². The molecule has 21 heavy (non-hydrogen) atoms. The van der Waals surface area contributed by atoms with Crippen molar-refractivity contribution in [3.63, 3.8) is 0 Å². The van der Waals surface area contributed by atoms with Crippen molar-refractivity contribution in [1.82, 2.24) is 0 Å². The molecule has 2 rings (SSSR count). The van der Waals surface area contributed by atoms with Crippen LogP contribution >= 0.6 is 0 Å². The number of nitro benzene ring substituents is 1. The highest BCUT2D eigenvalue weighted by Gasteiger charge is 2.35. The Kier molecular flexibility index (Phi) is 3.54. The molecular weight excluding hydrogens is 292 g/mol. The van der Waals surface area contributed by atoms with E-state index in [1.807, 2.05) is 0 Å². The molecule has 0 aliphatic rings. The van der Waals surface area contributed by atoms with Crippen LogP contribution in [0.2, 0.25) is 0 Å². The fourth-order valence-electron chi connectivity index (χ4n) is 1.91. The molecule has 0 heterocycles. The lowest BCUT2D eigenvalue weighted by Crippen LogP contribution is -2.08. The van der Waals surface area contributed by atoms with Gasteiger partial charge in [0.05, 0.1) is 10.5 Å². The maximum absolute atomic E-state index is 13.8. The molecule has 4 nitrogen and oxygen atoms in total. The second kappa shape index (κ2) is 5.04. The number of alkyl halides is 3. The largest absolute Gasteiger partial charge is 0.417 e. The van der Waals surface area contributed by atoms with E-state index in [0.717, 1.165) is 30.3 Å². The summed E-state index contributed by atoms with van der Waals surface area (Å²) in [7, 11) is 0. The van der Waals surface area contributed by atoms with E-state index in [1.165, 1.54) is 0 Å². The number of nitrogens with two attached hydrogens (primary N) is 1. The Morgan fingerprint density at radius 1 is 1.14 bits per heavy atom. The van der Waals surface area contributed by atoms with E-state index in [4.69, 9.17) is 5.73 Å². The lowest BCUT2D eigenvalue weighted by Gasteiger charge is -2.14. The Morgan fingerprint density at radius 2 is 1.81 bits per heavy atom. The van der Waals surface area contributed by atoms with Crippen LogP contribution in [0.1, 0.15) is 5.56 Å². The van der Waals surface area contributed by atoms with E-state index in [1.54, 1.807) is 0 Å². The monoisotopic (exact) mass is 300 g/mol. The number of benzene rings is 2. The first-order valence-corrected chi connectivity index (χ1v) is 5.62. The van der Waals surface area contributed by atoms with Crippen molar-refractivity contribution in [3.8, 4) is 11.1 Å². The van der Waals surface area contributed by atoms with Crippen molar-refractivity contribution in [3.05, 3.63) is 57.9 Å². The van der Waals surface area contributed by atoms with Gasteiger partial charge in [-0.1, -0.05) is 12.1 Å². The van der Waals surface area contributed by atoms with Gasteiger partial charge in [-0.2, -0.15) is 13.2 Å². The fraction of sp³-hybridized carbons (Fsp3) is 0.0769. The van der Waals surface area contributed by atoms with Crippen molar-refractivity contribution >= 4 is 11.4 Å². The summed E-state index contributed by atoms with van der Waals surface area (Å²) in [5.41, 5.74) is 2.37. The third-order valence-corrected chi connectivity index (χ3v) is 2.83. The lowest BCUT2D eigenvalue weighted by atomic mass is 9.98. The third kappa shape index (κ3) is 2.78. The molecule has 0 bridgehead atoms. The van der Waals surface area contributed by atoms with Gasteiger partial charge in [-0.3, -0.25) is 10.1 Å². The van der Waals surface area contributed by atoms with Crippen LogP contribution in [0.25, 0.3) is 11.1 Å². The first-order valence-electron chi connectivity index (χ1n) is 5.62. The molecule has 2 aromatic carbocycles. The van der Waals surface area contributed by atoms with E-state index in [9.17, 15) is 27.7 Å². The molecule has 0 amide bonds.